The van der Waals surface area contributed by atoms with Gasteiger partial charge in [-0.25, -0.2) is 9.59 Å². The molecule has 0 radical (unpaired) electrons. The standard InChI is InChI=1S/C27H30Cl2N4O7/c1-5-9-39-25-18(28)10-16(11-19(25)29)13-30-33-22(34)14-40-20-8-7-17(12-21(20)38-6-2)24-23(26(35)37-4)15(3)31-27(36)32-24/h5,7-8,10-13,22,24,33-34H,1,6,9,14H2,2-4H3,(H2,31,32,36)/b30-13-/t22-,24+/m0/s1. The Balaban J connectivity index is 1.68. The minimum absolute atomic E-state index is 0.177. The van der Waals surface area contributed by atoms with Gasteiger partial charge in [-0.15, -0.1) is 0 Å². The summed E-state index contributed by atoms with van der Waals surface area (Å²) in [4.78, 5) is 24.5. The van der Waals surface area contributed by atoms with E-state index in [2.05, 4.69) is 27.7 Å². The third kappa shape index (κ3) is 7.81. The van der Waals surface area contributed by atoms with Crippen molar-refractivity contribution < 1.29 is 33.6 Å². The fourth-order valence-corrected chi connectivity index (χ4v) is 4.37. The summed E-state index contributed by atoms with van der Waals surface area (Å²) in [5.41, 5.74) is 4.36. The van der Waals surface area contributed by atoms with Crippen LogP contribution in [0.25, 0.3) is 0 Å². The zero-order chi connectivity index (χ0) is 29.2. The number of hydrogen-bond acceptors (Lipinski definition) is 9. The summed E-state index contributed by atoms with van der Waals surface area (Å²) in [6.45, 7) is 7.41. The third-order valence-corrected chi connectivity index (χ3v) is 6.04. The first kappa shape index (κ1) is 30.6. The molecule has 1 aliphatic heterocycles. The van der Waals surface area contributed by atoms with E-state index >= 15 is 0 Å². The first-order valence-corrected chi connectivity index (χ1v) is 12.9. The highest BCUT2D eigenvalue weighted by Crippen LogP contribution is 2.35. The topological polar surface area (TPSA) is 140 Å². The van der Waals surface area contributed by atoms with Crippen molar-refractivity contribution in [2.45, 2.75) is 26.1 Å². The van der Waals surface area contributed by atoms with Crippen LogP contribution < -0.4 is 30.3 Å². The maximum atomic E-state index is 12.4. The summed E-state index contributed by atoms with van der Waals surface area (Å²) in [5.74, 6) is 0.454. The molecule has 0 spiro atoms. The van der Waals surface area contributed by atoms with E-state index in [0.29, 0.717) is 50.7 Å². The molecule has 0 aromatic heterocycles. The lowest BCUT2D eigenvalue weighted by Gasteiger charge is -2.28. The number of methoxy groups -OCH3 is 1. The van der Waals surface area contributed by atoms with Crippen LogP contribution in [0.2, 0.25) is 10.0 Å². The van der Waals surface area contributed by atoms with E-state index in [1.165, 1.54) is 13.3 Å². The number of esters is 1. The van der Waals surface area contributed by atoms with Crippen LogP contribution in [0.1, 0.15) is 31.0 Å². The van der Waals surface area contributed by atoms with Gasteiger partial charge in [0.25, 0.3) is 0 Å². The number of hydrazone groups is 1. The van der Waals surface area contributed by atoms with Gasteiger partial charge < -0.3 is 34.7 Å². The van der Waals surface area contributed by atoms with Gasteiger partial charge in [-0.2, -0.15) is 5.10 Å². The highest BCUT2D eigenvalue weighted by molar-refractivity contribution is 6.37. The van der Waals surface area contributed by atoms with E-state index in [0.717, 1.165) is 0 Å². The van der Waals surface area contributed by atoms with Crippen LogP contribution in [0, 0.1) is 0 Å². The number of carbonyl (C=O) groups excluding carboxylic acids is 2. The van der Waals surface area contributed by atoms with Gasteiger partial charge in [-0.3, -0.25) is 5.43 Å². The number of rotatable bonds is 13. The van der Waals surface area contributed by atoms with Crippen molar-refractivity contribution in [3.05, 3.63) is 75.4 Å². The van der Waals surface area contributed by atoms with Gasteiger partial charge in [0, 0.05) is 5.70 Å². The first-order chi connectivity index (χ1) is 19.2. The van der Waals surface area contributed by atoms with Crippen molar-refractivity contribution in [1.29, 1.82) is 0 Å². The quantitative estimate of drug-likeness (QED) is 0.0896. The third-order valence-electron chi connectivity index (χ3n) is 5.48. The molecule has 4 N–H and O–H groups in total. The molecule has 2 aromatic carbocycles. The van der Waals surface area contributed by atoms with Crippen LogP contribution in [-0.4, -0.2) is 56.5 Å². The molecule has 2 atom stereocenters. The summed E-state index contributed by atoms with van der Waals surface area (Å²) in [5, 5.41) is 20.2. The molecule has 0 aliphatic carbocycles. The lowest BCUT2D eigenvalue weighted by Crippen LogP contribution is -2.45. The second kappa shape index (κ2) is 14.5. The normalized spacial score (nSPS) is 15.7. The van der Waals surface area contributed by atoms with Crippen LogP contribution in [0.15, 0.2) is 59.4 Å². The number of benzene rings is 2. The molecule has 40 heavy (non-hydrogen) atoms. The zero-order valence-corrected chi connectivity index (χ0v) is 23.6. The van der Waals surface area contributed by atoms with Crippen LogP contribution >= 0.6 is 23.2 Å². The molecular formula is C27H30Cl2N4O7. The highest BCUT2D eigenvalue weighted by Gasteiger charge is 2.32. The molecule has 11 nitrogen and oxygen atoms in total. The number of nitrogens with one attached hydrogen (secondary N) is 3. The lowest BCUT2D eigenvalue weighted by molar-refractivity contribution is -0.136. The fraction of sp³-hybridized carbons (Fsp3) is 0.296. The Bertz CT molecular complexity index is 1290. The number of halogens is 2. The highest BCUT2D eigenvalue weighted by atomic mass is 35.5. The number of carbonyl (C=O) groups is 2. The van der Waals surface area contributed by atoms with Crippen molar-refractivity contribution in [3.8, 4) is 17.2 Å². The number of amides is 2. The Morgan fingerprint density at radius 1 is 1.20 bits per heavy atom. The molecule has 2 aromatic rings. The Morgan fingerprint density at radius 3 is 2.58 bits per heavy atom. The lowest BCUT2D eigenvalue weighted by atomic mass is 9.95. The van der Waals surface area contributed by atoms with Crippen LogP contribution in [-0.2, 0) is 9.53 Å². The van der Waals surface area contributed by atoms with Gasteiger partial charge in [0.15, 0.2) is 23.5 Å². The van der Waals surface area contributed by atoms with Crippen molar-refractivity contribution in [3.63, 3.8) is 0 Å². The van der Waals surface area contributed by atoms with Gasteiger partial charge in [0.05, 0.1) is 41.6 Å². The molecule has 0 bridgehead atoms. The van der Waals surface area contributed by atoms with E-state index < -0.39 is 24.3 Å². The number of urea groups is 1. The molecule has 2 amide bonds. The molecule has 0 fully saturated rings. The summed E-state index contributed by atoms with van der Waals surface area (Å²) in [7, 11) is 1.27. The summed E-state index contributed by atoms with van der Waals surface area (Å²) in [6, 6.07) is 6.96. The largest absolute Gasteiger partial charge is 0.490 e. The minimum Gasteiger partial charge on any atom is -0.490 e. The van der Waals surface area contributed by atoms with Crippen LogP contribution in [0.4, 0.5) is 4.79 Å². The van der Waals surface area contributed by atoms with Gasteiger partial charge in [0.2, 0.25) is 0 Å². The summed E-state index contributed by atoms with van der Waals surface area (Å²) < 4.78 is 21.8. The Hall–Kier alpha value is -3.93. The number of allylic oxidation sites excluding steroid dienone is 1. The average Bonchev–Trinajstić information content (AvgIpc) is 2.91. The number of ether oxygens (including phenoxy) is 4. The van der Waals surface area contributed by atoms with Crippen molar-refractivity contribution in [2.24, 2.45) is 5.10 Å². The smallest absolute Gasteiger partial charge is 0.337 e. The molecule has 3 rings (SSSR count). The van der Waals surface area contributed by atoms with Crippen molar-refractivity contribution in [2.75, 3.05) is 26.9 Å². The number of hydrogen-bond donors (Lipinski definition) is 4. The van der Waals surface area contributed by atoms with Gasteiger partial charge >= 0.3 is 12.0 Å². The Morgan fingerprint density at radius 2 is 1.93 bits per heavy atom. The SMILES string of the molecule is C=CCOc1c(Cl)cc(/C=N\N[C@@H](O)COc2ccc([C@H]3NC(=O)NC(C)=C3C(=O)OC)cc2OCC)cc1Cl. The van der Waals surface area contributed by atoms with Gasteiger partial charge in [-0.1, -0.05) is 41.9 Å². The van der Waals surface area contributed by atoms with E-state index in [4.69, 9.17) is 42.1 Å². The number of aliphatic hydroxyl groups is 1. The second-order valence-electron chi connectivity index (χ2n) is 8.33. The number of aliphatic hydroxyl groups excluding tert-OH is 1. The van der Waals surface area contributed by atoms with Gasteiger partial charge in [-0.05, 0) is 49.2 Å². The van der Waals surface area contributed by atoms with Crippen molar-refractivity contribution in [1.82, 2.24) is 16.1 Å². The maximum Gasteiger partial charge on any atom is 0.337 e. The van der Waals surface area contributed by atoms with E-state index in [1.54, 1.807) is 50.3 Å². The maximum absolute atomic E-state index is 12.4. The van der Waals surface area contributed by atoms with E-state index in [-0.39, 0.29) is 18.8 Å². The average molecular weight is 593 g/mol. The predicted octanol–water partition coefficient (Wildman–Crippen LogP) is 4.08. The van der Waals surface area contributed by atoms with E-state index in [9.17, 15) is 14.7 Å². The molecule has 0 saturated carbocycles. The number of nitrogens with zero attached hydrogens (tertiary/aromatic N) is 1. The minimum atomic E-state index is -1.17. The first-order valence-electron chi connectivity index (χ1n) is 12.1. The zero-order valence-electron chi connectivity index (χ0n) is 22.1. The predicted molar refractivity (Wildman–Crippen MR) is 151 cm³/mol. The monoisotopic (exact) mass is 592 g/mol. The molecule has 214 valence electrons. The summed E-state index contributed by atoms with van der Waals surface area (Å²) in [6.07, 6.45) is 1.83. The van der Waals surface area contributed by atoms with Crippen molar-refractivity contribution >= 4 is 41.4 Å². The fourth-order valence-electron chi connectivity index (χ4n) is 3.75. The summed E-state index contributed by atoms with van der Waals surface area (Å²) >= 11 is 12.4. The second-order valence-corrected chi connectivity index (χ2v) is 9.14. The van der Waals surface area contributed by atoms with Gasteiger partial charge in [0.1, 0.15) is 13.2 Å². The Labute approximate surface area is 241 Å². The molecule has 0 saturated heterocycles. The van der Waals surface area contributed by atoms with Crippen LogP contribution in [0.5, 0.6) is 17.2 Å². The molecule has 13 heteroatoms. The van der Waals surface area contributed by atoms with E-state index in [1.807, 2.05) is 0 Å². The van der Waals surface area contributed by atoms with Crippen LogP contribution in [0.3, 0.4) is 0 Å². The molecule has 1 heterocycles. The molecule has 1 aliphatic rings. The molecular weight excluding hydrogens is 563 g/mol. The molecule has 0 unspecified atom stereocenters. The Kier molecular flexibility index (Phi) is 11.1.